The number of nitrogens with one attached hydrogen (secondary N) is 1. The van der Waals surface area contributed by atoms with Crippen LogP contribution >= 0.6 is 15.9 Å². The molecule has 1 fully saturated rings. The third-order valence-electron chi connectivity index (χ3n) is 3.82. The fourth-order valence-electron chi connectivity index (χ4n) is 2.71. The third-order valence-corrected chi connectivity index (χ3v) is 4.20. The zero-order chi connectivity index (χ0) is 14.1. The summed E-state index contributed by atoms with van der Waals surface area (Å²) in [4.78, 5) is 19.9. The number of imidazole rings is 1. The van der Waals surface area contributed by atoms with Crippen molar-refractivity contribution in [3.05, 3.63) is 23.2 Å². The van der Waals surface area contributed by atoms with Crippen LogP contribution in [-0.2, 0) is 4.79 Å². The van der Waals surface area contributed by atoms with Crippen LogP contribution in [-0.4, -0.2) is 26.3 Å². The Labute approximate surface area is 124 Å². The Morgan fingerprint density at radius 1 is 1.40 bits per heavy atom. The van der Waals surface area contributed by atoms with Crippen molar-refractivity contribution in [1.82, 2.24) is 14.4 Å². The van der Waals surface area contributed by atoms with Crippen LogP contribution in [0, 0.1) is 5.92 Å². The van der Waals surface area contributed by atoms with Crippen LogP contribution in [0.25, 0.3) is 5.65 Å². The number of carbonyl (C=O) groups excluding carboxylic acids is 1. The third kappa shape index (κ3) is 2.63. The van der Waals surface area contributed by atoms with E-state index in [2.05, 4.69) is 31.2 Å². The van der Waals surface area contributed by atoms with Crippen molar-refractivity contribution >= 4 is 33.3 Å². The molecule has 0 saturated heterocycles. The minimum Gasteiger partial charge on any atom is -0.369 e. The maximum absolute atomic E-state index is 11.2. The molecule has 0 aromatic carbocycles. The van der Waals surface area contributed by atoms with Crippen LogP contribution in [0.4, 0.5) is 5.82 Å². The van der Waals surface area contributed by atoms with Gasteiger partial charge in [-0.05, 0) is 41.6 Å². The van der Waals surface area contributed by atoms with E-state index in [0.29, 0.717) is 6.04 Å². The second-order valence-electron chi connectivity index (χ2n) is 5.17. The number of primary amides is 1. The monoisotopic (exact) mass is 337 g/mol. The van der Waals surface area contributed by atoms with Gasteiger partial charge < -0.3 is 15.5 Å². The Bertz CT molecular complexity index is 633. The van der Waals surface area contributed by atoms with Gasteiger partial charge in [-0.3, -0.25) is 4.79 Å². The van der Waals surface area contributed by atoms with Gasteiger partial charge in [-0.1, -0.05) is 0 Å². The van der Waals surface area contributed by atoms with E-state index in [4.69, 9.17) is 5.73 Å². The summed E-state index contributed by atoms with van der Waals surface area (Å²) in [5.74, 6) is 0.613. The summed E-state index contributed by atoms with van der Waals surface area (Å²) >= 11 is 3.40. The number of nitrogens with zero attached hydrogens (tertiary/aromatic N) is 3. The minimum absolute atomic E-state index is 0.0231. The second-order valence-corrected chi connectivity index (χ2v) is 5.98. The Morgan fingerprint density at radius 2 is 2.15 bits per heavy atom. The fraction of sp³-hybridized carbons (Fsp3) is 0.462. The molecule has 6 nitrogen and oxygen atoms in total. The molecule has 1 saturated carbocycles. The molecule has 0 unspecified atom stereocenters. The number of aromatic nitrogens is 3. The van der Waals surface area contributed by atoms with Crippen molar-refractivity contribution in [3.8, 4) is 0 Å². The number of anilines is 1. The predicted octanol–water partition coefficient (Wildman–Crippen LogP) is 1.95. The number of amides is 1. The van der Waals surface area contributed by atoms with Gasteiger partial charge in [0.25, 0.3) is 0 Å². The summed E-state index contributed by atoms with van der Waals surface area (Å²) in [7, 11) is 0. The predicted molar refractivity (Wildman–Crippen MR) is 79.3 cm³/mol. The molecule has 0 atom stereocenters. The smallest absolute Gasteiger partial charge is 0.220 e. The van der Waals surface area contributed by atoms with Crippen LogP contribution in [0.2, 0.25) is 0 Å². The van der Waals surface area contributed by atoms with Gasteiger partial charge in [-0.15, -0.1) is 0 Å². The summed E-state index contributed by atoms with van der Waals surface area (Å²) in [6.45, 7) is 0. The number of nitrogens with two attached hydrogens (primary N) is 1. The van der Waals surface area contributed by atoms with E-state index in [-0.39, 0.29) is 11.8 Å². The quantitative estimate of drug-likeness (QED) is 0.896. The standard InChI is InChI=1S/C13H16BrN5O/c14-10-7-19-6-5-16-13(19)12(18-10)17-9-3-1-8(2-4-9)11(15)20/h5-9H,1-4H2,(H2,15,20)(H,17,18). The molecule has 3 N–H and O–H groups in total. The van der Waals surface area contributed by atoms with Gasteiger partial charge >= 0.3 is 0 Å². The number of carbonyl (C=O) groups is 1. The van der Waals surface area contributed by atoms with E-state index in [1.54, 1.807) is 6.20 Å². The molecular formula is C13H16BrN5O. The Kier molecular flexibility index (Phi) is 3.60. The number of fused-ring (bicyclic) bond motifs is 1. The van der Waals surface area contributed by atoms with Gasteiger partial charge in [-0.2, -0.15) is 0 Å². The SMILES string of the molecule is NC(=O)C1CCC(Nc2nc(Br)cn3ccnc23)CC1. The average Bonchev–Trinajstić information content (AvgIpc) is 2.87. The Morgan fingerprint density at radius 3 is 2.85 bits per heavy atom. The van der Waals surface area contributed by atoms with Crippen molar-refractivity contribution < 1.29 is 4.79 Å². The van der Waals surface area contributed by atoms with Gasteiger partial charge in [0.2, 0.25) is 5.91 Å². The van der Waals surface area contributed by atoms with Crippen LogP contribution < -0.4 is 11.1 Å². The summed E-state index contributed by atoms with van der Waals surface area (Å²) in [6, 6.07) is 0.313. The molecule has 1 amide bonds. The minimum atomic E-state index is -0.181. The van der Waals surface area contributed by atoms with Gasteiger partial charge in [0.05, 0.1) is 0 Å². The van der Waals surface area contributed by atoms with E-state index in [1.807, 2.05) is 16.8 Å². The lowest BCUT2D eigenvalue weighted by atomic mass is 9.85. The number of halogens is 1. The lowest BCUT2D eigenvalue weighted by Gasteiger charge is -2.27. The van der Waals surface area contributed by atoms with Crippen LogP contribution in [0.1, 0.15) is 25.7 Å². The molecule has 0 aliphatic heterocycles. The molecule has 0 spiro atoms. The summed E-state index contributed by atoms with van der Waals surface area (Å²) in [5.41, 5.74) is 6.16. The van der Waals surface area contributed by atoms with E-state index >= 15 is 0 Å². The molecular weight excluding hydrogens is 322 g/mol. The Hall–Kier alpha value is -1.63. The number of hydrogen-bond acceptors (Lipinski definition) is 4. The first-order valence-electron chi connectivity index (χ1n) is 6.68. The maximum atomic E-state index is 11.2. The van der Waals surface area contributed by atoms with E-state index in [9.17, 15) is 4.79 Å². The topological polar surface area (TPSA) is 85.3 Å². The lowest BCUT2D eigenvalue weighted by molar-refractivity contribution is -0.122. The molecule has 0 bridgehead atoms. The van der Waals surface area contributed by atoms with E-state index in [1.165, 1.54) is 0 Å². The van der Waals surface area contributed by atoms with Crippen LogP contribution in [0.3, 0.4) is 0 Å². The highest BCUT2D eigenvalue weighted by molar-refractivity contribution is 9.10. The highest BCUT2D eigenvalue weighted by Gasteiger charge is 2.25. The fourth-order valence-corrected chi connectivity index (χ4v) is 3.11. The van der Waals surface area contributed by atoms with Crippen LogP contribution in [0.15, 0.2) is 23.2 Å². The maximum Gasteiger partial charge on any atom is 0.220 e. The second kappa shape index (κ2) is 5.40. The summed E-state index contributed by atoms with van der Waals surface area (Å²) in [5, 5.41) is 3.43. The number of rotatable bonds is 3. The van der Waals surface area contributed by atoms with Gasteiger partial charge in [0.1, 0.15) is 4.60 Å². The molecule has 1 aliphatic rings. The molecule has 0 radical (unpaired) electrons. The van der Waals surface area contributed by atoms with E-state index in [0.717, 1.165) is 41.8 Å². The first kappa shape index (κ1) is 13.4. The van der Waals surface area contributed by atoms with Gasteiger partial charge in [0.15, 0.2) is 11.5 Å². The largest absolute Gasteiger partial charge is 0.369 e. The zero-order valence-electron chi connectivity index (χ0n) is 10.9. The highest BCUT2D eigenvalue weighted by Crippen LogP contribution is 2.27. The van der Waals surface area contributed by atoms with Crippen molar-refractivity contribution in [3.63, 3.8) is 0 Å². The van der Waals surface area contributed by atoms with Gasteiger partial charge in [0, 0.05) is 30.6 Å². The van der Waals surface area contributed by atoms with Crippen molar-refractivity contribution in [2.45, 2.75) is 31.7 Å². The molecule has 2 aromatic heterocycles. The van der Waals surface area contributed by atoms with E-state index < -0.39 is 0 Å². The van der Waals surface area contributed by atoms with Gasteiger partial charge in [-0.25, -0.2) is 9.97 Å². The van der Waals surface area contributed by atoms with Crippen molar-refractivity contribution in [2.75, 3.05) is 5.32 Å². The first-order chi connectivity index (χ1) is 9.63. The molecule has 1 aliphatic carbocycles. The summed E-state index contributed by atoms with van der Waals surface area (Å²) < 4.78 is 2.69. The van der Waals surface area contributed by atoms with Crippen molar-refractivity contribution in [1.29, 1.82) is 0 Å². The lowest BCUT2D eigenvalue weighted by Crippen LogP contribution is -2.32. The van der Waals surface area contributed by atoms with Crippen LogP contribution in [0.5, 0.6) is 0 Å². The molecule has 2 aromatic rings. The zero-order valence-corrected chi connectivity index (χ0v) is 12.5. The molecule has 20 heavy (non-hydrogen) atoms. The molecule has 7 heteroatoms. The normalized spacial score (nSPS) is 22.9. The van der Waals surface area contributed by atoms with Crippen molar-refractivity contribution in [2.24, 2.45) is 11.7 Å². The summed E-state index contributed by atoms with van der Waals surface area (Å²) in [6.07, 6.45) is 9.04. The average molecular weight is 338 g/mol. The molecule has 2 heterocycles. The highest BCUT2D eigenvalue weighted by atomic mass is 79.9. The molecule has 3 rings (SSSR count). The first-order valence-corrected chi connectivity index (χ1v) is 7.48. The number of hydrogen-bond donors (Lipinski definition) is 2. The Balaban J connectivity index is 1.74. The molecule has 106 valence electrons.